The van der Waals surface area contributed by atoms with Crippen LogP contribution in [-0.2, 0) is 16.4 Å². The molecule has 162 valence electrons. The summed E-state index contributed by atoms with van der Waals surface area (Å²) in [5, 5.41) is 2.79. The van der Waals surface area contributed by atoms with Crippen molar-refractivity contribution in [1.82, 2.24) is 0 Å². The highest BCUT2D eigenvalue weighted by Gasteiger charge is 2.28. The largest absolute Gasteiger partial charge is 0.322 e. The van der Waals surface area contributed by atoms with E-state index in [2.05, 4.69) is 5.32 Å². The monoisotopic (exact) mass is 440 g/mol. The van der Waals surface area contributed by atoms with Gasteiger partial charge >= 0.3 is 0 Å². The number of nitrogens with one attached hydrogen (secondary N) is 1. The zero-order valence-electron chi connectivity index (χ0n) is 17.7. The number of anilines is 2. The highest BCUT2D eigenvalue weighted by Crippen LogP contribution is 2.27. The van der Waals surface area contributed by atoms with Gasteiger partial charge in [0.1, 0.15) is 10.7 Å². The summed E-state index contributed by atoms with van der Waals surface area (Å²) >= 11 is 0. The van der Waals surface area contributed by atoms with Crippen molar-refractivity contribution in [2.45, 2.75) is 32.1 Å². The van der Waals surface area contributed by atoms with Gasteiger partial charge in [0.25, 0.3) is 15.9 Å². The van der Waals surface area contributed by atoms with Crippen molar-refractivity contribution in [2.75, 3.05) is 16.2 Å². The number of rotatable bonds is 7. The highest BCUT2D eigenvalue weighted by molar-refractivity contribution is 7.92. The van der Waals surface area contributed by atoms with Crippen LogP contribution in [0, 0.1) is 12.7 Å². The first-order chi connectivity index (χ1) is 14.8. The van der Waals surface area contributed by atoms with E-state index in [0.717, 1.165) is 34.0 Å². The average molecular weight is 441 g/mol. The summed E-state index contributed by atoms with van der Waals surface area (Å²) in [6, 6.07) is 17.7. The molecule has 0 atom stereocenters. The predicted octanol–water partition coefficient (Wildman–Crippen LogP) is 5.16. The fourth-order valence-electron chi connectivity index (χ4n) is 3.38. The first kappa shape index (κ1) is 22.5. The molecule has 0 radical (unpaired) electrons. The topological polar surface area (TPSA) is 66.5 Å². The van der Waals surface area contributed by atoms with Crippen LogP contribution in [0.25, 0.3) is 0 Å². The van der Waals surface area contributed by atoms with Crippen molar-refractivity contribution in [2.24, 2.45) is 0 Å². The normalized spacial score (nSPS) is 11.2. The number of para-hydroxylation sites is 1. The third-order valence-corrected chi connectivity index (χ3v) is 6.90. The van der Waals surface area contributed by atoms with E-state index in [1.165, 1.54) is 6.07 Å². The Hall–Kier alpha value is -3.19. The van der Waals surface area contributed by atoms with Crippen molar-refractivity contribution in [1.29, 1.82) is 0 Å². The Bertz CT molecular complexity index is 1210. The molecular formula is C24H25FN2O3S. The SMILES string of the molecule is CCc1ccccc1NC(=O)c1ccc(F)c(S(=O)(=O)N(CC)c2cccc(C)c2)c1. The Morgan fingerprint density at radius 2 is 1.74 bits per heavy atom. The summed E-state index contributed by atoms with van der Waals surface area (Å²) < 4.78 is 42.3. The fourth-order valence-corrected chi connectivity index (χ4v) is 4.94. The van der Waals surface area contributed by atoms with E-state index in [1.54, 1.807) is 37.3 Å². The van der Waals surface area contributed by atoms with Gasteiger partial charge < -0.3 is 5.32 Å². The van der Waals surface area contributed by atoms with E-state index in [-0.39, 0.29) is 12.1 Å². The van der Waals surface area contributed by atoms with Crippen LogP contribution in [0.1, 0.15) is 35.3 Å². The van der Waals surface area contributed by atoms with Crippen molar-refractivity contribution in [3.63, 3.8) is 0 Å². The lowest BCUT2D eigenvalue weighted by Gasteiger charge is -2.23. The summed E-state index contributed by atoms with van der Waals surface area (Å²) in [6.45, 7) is 5.61. The van der Waals surface area contributed by atoms with E-state index in [1.807, 2.05) is 32.0 Å². The Labute approximate surface area is 182 Å². The standard InChI is InChI=1S/C24H25FN2O3S/c1-4-18-10-6-7-12-22(18)26-24(28)19-13-14-21(25)23(16-19)31(29,30)27(5-2)20-11-8-9-17(3)15-20/h6-16H,4-5H2,1-3H3,(H,26,28). The third-order valence-electron chi connectivity index (χ3n) is 4.98. The van der Waals surface area contributed by atoms with Gasteiger partial charge in [-0.05, 0) is 67.8 Å². The number of halogens is 1. The molecule has 1 amide bonds. The molecule has 0 saturated carbocycles. The van der Waals surface area contributed by atoms with Gasteiger partial charge in [-0.25, -0.2) is 12.8 Å². The van der Waals surface area contributed by atoms with Gasteiger partial charge in [0, 0.05) is 17.8 Å². The van der Waals surface area contributed by atoms with Crippen LogP contribution in [0.3, 0.4) is 0 Å². The second-order valence-electron chi connectivity index (χ2n) is 7.12. The molecule has 0 aliphatic rings. The number of hydrogen-bond donors (Lipinski definition) is 1. The Morgan fingerprint density at radius 3 is 2.42 bits per heavy atom. The van der Waals surface area contributed by atoms with Gasteiger partial charge in [-0.1, -0.05) is 37.3 Å². The fraction of sp³-hybridized carbons (Fsp3) is 0.208. The molecular weight excluding hydrogens is 415 g/mol. The maximum Gasteiger partial charge on any atom is 0.267 e. The van der Waals surface area contributed by atoms with Crippen LogP contribution in [0.15, 0.2) is 71.6 Å². The summed E-state index contributed by atoms with van der Waals surface area (Å²) in [4.78, 5) is 12.2. The average Bonchev–Trinajstić information content (AvgIpc) is 2.74. The summed E-state index contributed by atoms with van der Waals surface area (Å²) in [5.41, 5.74) is 2.97. The Kier molecular flexibility index (Phi) is 6.75. The van der Waals surface area contributed by atoms with Gasteiger partial charge in [0.05, 0.1) is 5.69 Å². The van der Waals surface area contributed by atoms with Crippen LogP contribution in [0.2, 0.25) is 0 Å². The van der Waals surface area contributed by atoms with Crippen LogP contribution >= 0.6 is 0 Å². The second-order valence-corrected chi connectivity index (χ2v) is 8.95. The lowest BCUT2D eigenvalue weighted by Crippen LogP contribution is -2.31. The summed E-state index contributed by atoms with van der Waals surface area (Å²) in [5.74, 6) is -1.41. The van der Waals surface area contributed by atoms with E-state index in [9.17, 15) is 17.6 Å². The molecule has 7 heteroatoms. The summed E-state index contributed by atoms with van der Waals surface area (Å²) in [7, 11) is -4.21. The zero-order valence-corrected chi connectivity index (χ0v) is 18.5. The van der Waals surface area contributed by atoms with E-state index in [0.29, 0.717) is 11.4 Å². The highest BCUT2D eigenvalue weighted by atomic mass is 32.2. The first-order valence-electron chi connectivity index (χ1n) is 10.1. The molecule has 5 nitrogen and oxygen atoms in total. The number of carbonyl (C=O) groups excluding carboxylic acids is 1. The smallest absolute Gasteiger partial charge is 0.267 e. The number of hydrogen-bond acceptors (Lipinski definition) is 3. The number of nitrogens with zero attached hydrogens (tertiary/aromatic N) is 1. The van der Waals surface area contributed by atoms with Crippen molar-refractivity contribution in [3.05, 3.63) is 89.2 Å². The van der Waals surface area contributed by atoms with Gasteiger partial charge in [-0.3, -0.25) is 9.10 Å². The molecule has 0 aliphatic carbocycles. The molecule has 3 aromatic carbocycles. The molecule has 0 unspecified atom stereocenters. The van der Waals surface area contributed by atoms with Crippen LogP contribution in [-0.4, -0.2) is 20.9 Å². The van der Waals surface area contributed by atoms with Gasteiger partial charge in [-0.2, -0.15) is 0 Å². The van der Waals surface area contributed by atoms with E-state index in [4.69, 9.17) is 0 Å². The molecule has 0 spiro atoms. The molecule has 31 heavy (non-hydrogen) atoms. The summed E-state index contributed by atoms with van der Waals surface area (Å²) in [6.07, 6.45) is 0.724. The molecule has 1 N–H and O–H groups in total. The van der Waals surface area contributed by atoms with Crippen LogP contribution < -0.4 is 9.62 Å². The number of sulfonamides is 1. The Balaban J connectivity index is 1.98. The van der Waals surface area contributed by atoms with Crippen LogP contribution in [0.5, 0.6) is 0 Å². The minimum Gasteiger partial charge on any atom is -0.322 e. The second kappa shape index (κ2) is 9.31. The lowest BCUT2D eigenvalue weighted by atomic mass is 10.1. The molecule has 3 aromatic rings. The van der Waals surface area contributed by atoms with Gasteiger partial charge in [-0.15, -0.1) is 0 Å². The molecule has 3 rings (SSSR count). The van der Waals surface area contributed by atoms with Crippen molar-refractivity contribution < 1.29 is 17.6 Å². The Morgan fingerprint density at radius 1 is 1.00 bits per heavy atom. The number of amides is 1. The molecule has 0 fully saturated rings. The van der Waals surface area contributed by atoms with E-state index >= 15 is 0 Å². The van der Waals surface area contributed by atoms with Gasteiger partial charge in [0.2, 0.25) is 0 Å². The maximum absolute atomic E-state index is 14.6. The van der Waals surface area contributed by atoms with Crippen molar-refractivity contribution in [3.8, 4) is 0 Å². The first-order valence-corrected chi connectivity index (χ1v) is 11.5. The molecule has 0 heterocycles. The quantitative estimate of drug-likeness (QED) is 0.552. The number of aryl methyl sites for hydroxylation is 2. The molecule has 0 aliphatic heterocycles. The minimum absolute atomic E-state index is 0.0613. The maximum atomic E-state index is 14.6. The third kappa shape index (κ3) is 4.77. The number of carbonyl (C=O) groups is 1. The molecule has 0 aromatic heterocycles. The number of benzene rings is 3. The zero-order chi connectivity index (χ0) is 22.6. The molecule has 0 saturated heterocycles. The van der Waals surface area contributed by atoms with Crippen LogP contribution in [0.4, 0.5) is 15.8 Å². The minimum atomic E-state index is -4.21. The molecule has 0 bridgehead atoms. The predicted molar refractivity (Wildman–Crippen MR) is 122 cm³/mol. The lowest BCUT2D eigenvalue weighted by molar-refractivity contribution is 0.102. The van der Waals surface area contributed by atoms with Crippen molar-refractivity contribution >= 4 is 27.3 Å². The van der Waals surface area contributed by atoms with Gasteiger partial charge in [0.15, 0.2) is 0 Å². The van der Waals surface area contributed by atoms with E-state index < -0.39 is 26.6 Å².